The monoisotopic (exact) mass is 204 g/mol. The Morgan fingerprint density at radius 3 is 2.71 bits per heavy atom. The van der Waals surface area contributed by atoms with Gasteiger partial charge in [-0.1, -0.05) is 6.92 Å². The fraction of sp³-hybridized carbons (Fsp3) is 0.900. The van der Waals surface area contributed by atoms with Crippen LogP contribution in [0.4, 0.5) is 0 Å². The van der Waals surface area contributed by atoms with Crippen LogP contribution in [0.25, 0.3) is 0 Å². The molecule has 0 spiro atoms. The fourth-order valence-electron chi connectivity index (χ4n) is 0.946. The van der Waals surface area contributed by atoms with Crippen LogP contribution in [-0.2, 0) is 14.3 Å². The van der Waals surface area contributed by atoms with Crippen molar-refractivity contribution in [2.45, 2.75) is 39.2 Å². The molecular weight excluding hydrogens is 184 g/mol. The predicted molar refractivity (Wildman–Crippen MR) is 53.0 cm³/mol. The number of rotatable bonds is 8. The van der Waals surface area contributed by atoms with Gasteiger partial charge in [0.05, 0.1) is 25.9 Å². The molecule has 0 aliphatic carbocycles. The highest BCUT2D eigenvalue weighted by molar-refractivity contribution is 5.69. The molecule has 1 atom stereocenters. The van der Waals surface area contributed by atoms with Gasteiger partial charge < -0.3 is 14.6 Å². The average molecular weight is 204 g/mol. The second-order valence-electron chi connectivity index (χ2n) is 3.16. The molecule has 1 unspecified atom stereocenters. The zero-order valence-corrected chi connectivity index (χ0v) is 8.99. The van der Waals surface area contributed by atoms with Crippen molar-refractivity contribution in [3.63, 3.8) is 0 Å². The van der Waals surface area contributed by atoms with Gasteiger partial charge in [0.15, 0.2) is 0 Å². The van der Waals surface area contributed by atoms with Gasteiger partial charge in [0, 0.05) is 6.42 Å². The molecule has 0 aromatic carbocycles. The molecule has 4 heteroatoms. The number of carbonyl (C=O) groups is 1. The Bertz CT molecular complexity index is 147. The summed E-state index contributed by atoms with van der Waals surface area (Å²) in [5.74, 6) is -0.175. The van der Waals surface area contributed by atoms with Gasteiger partial charge in [-0.05, 0) is 19.8 Å². The first-order valence-electron chi connectivity index (χ1n) is 5.08. The lowest BCUT2D eigenvalue weighted by Crippen LogP contribution is -2.14. The maximum atomic E-state index is 11.1. The zero-order chi connectivity index (χ0) is 10.8. The van der Waals surface area contributed by atoms with Crippen LogP contribution in [-0.4, -0.2) is 37.0 Å². The lowest BCUT2D eigenvalue weighted by Gasteiger charge is -2.11. The molecule has 0 amide bonds. The van der Waals surface area contributed by atoms with E-state index >= 15 is 0 Å². The van der Waals surface area contributed by atoms with Gasteiger partial charge in [-0.15, -0.1) is 0 Å². The number of ether oxygens (including phenoxy) is 2. The number of hydrogen-bond donors (Lipinski definition) is 1. The number of hydrogen-bond acceptors (Lipinski definition) is 4. The molecule has 0 saturated heterocycles. The van der Waals surface area contributed by atoms with Crippen LogP contribution < -0.4 is 0 Å². The number of aliphatic hydroxyl groups excluding tert-OH is 1. The molecule has 0 rings (SSSR count). The van der Waals surface area contributed by atoms with E-state index < -0.39 is 0 Å². The average Bonchev–Trinajstić information content (AvgIpc) is 2.20. The normalized spacial score (nSPS) is 12.5. The lowest BCUT2D eigenvalue weighted by atomic mass is 10.2. The Morgan fingerprint density at radius 2 is 2.14 bits per heavy atom. The Hall–Kier alpha value is -0.610. The first-order chi connectivity index (χ1) is 6.70. The zero-order valence-electron chi connectivity index (χ0n) is 8.99. The molecule has 0 aromatic heterocycles. The van der Waals surface area contributed by atoms with Crippen molar-refractivity contribution in [2.75, 3.05) is 19.8 Å². The Labute approximate surface area is 85.2 Å². The summed E-state index contributed by atoms with van der Waals surface area (Å²) < 4.78 is 10.1. The van der Waals surface area contributed by atoms with E-state index in [2.05, 4.69) is 0 Å². The Balaban J connectivity index is 3.36. The number of aliphatic hydroxyl groups is 1. The van der Waals surface area contributed by atoms with E-state index in [1.807, 2.05) is 13.8 Å². The first-order valence-corrected chi connectivity index (χ1v) is 5.08. The molecule has 14 heavy (non-hydrogen) atoms. The summed E-state index contributed by atoms with van der Waals surface area (Å²) >= 11 is 0. The molecule has 1 N–H and O–H groups in total. The third kappa shape index (κ3) is 8.01. The van der Waals surface area contributed by atoms with Crippen LogP contribution in [0.3, 0.4) is 0 Å². The molecule has 0 saturated carbocycles. The molecule has 4 nitrogen and oxygen atoms in total. The molecule has 0 fully saturated rings. The highest BCUT2D eigenvalue weighted by Crippen LogP contribution is 2.02. The van der Waals surface area contributed by atoms with E-state index in [1.165, 1.54) is 0 Å². The van der Waals surface area contributed by atoms with Crippen LogP contribution in [0.2, 0.25) is 0 Å². The van der Waals surface area contributed by atoms with E-state index in [-0.39, 0.29) is 18.7 Å². The Kier molecular flexibility index (Phi) is 8.57. The topological polar surface area (TPSA) is 55.8 Å². The van der Waals surface area contributed by atoms with E-state index in [9.17, 15) is 4.79 Å². The van der Waals surface area contributed by atoms with Crippen molar-refractivity contribution in [1.29, 1.82) is 0 Å². The fourth-order valence-corrected chi connectivity index (χ4v) is 0.946. The third-order valence-electron chi connectivity index (χ3n) is 1.72. The van der Waals surface area contributed by atoms with Gasteiger partial charge in [0.25, 0.3) is 0 Å². The second kappa shape index (κ2) is 8.97. The molecule has 0 radical (unpaired) electrons. The summed E-state index contributed by atoms with van der Waals surface area (Å²) in [6, 6.07) is 0. The molecule has 0 aliphatic rings. The molecular formula is C10H20O4. The molecule has 84 valence electrons. The van der Waals surface area contributed by atoms with Gasteiger partial charge in [0.1, 0.15) is 0 Å². The van der Waals surface area contributed by atoms with Crippen LogP contribution >= 0.6 is 0 Å². The highest BCUT2D eigenvalue weighted by Gasteiger charge is 2.07. The maximum Gasteiger partial charge on any atom is 0.305 e. The predicted octanol–water partition coefficient (Wildman–Crippen LogP) is 1.12. The van der Waals surface area contributed by atoms with Gasteiger partial charge in [-0.3, -0.25) is 4.79 Å². The smallest absolute Gasteiger partial charge is 0.305 e. The maximum absolute atomic E-state index is 11.1. The van der Waals surface area contributed by atoms with Crippen molar-refractivity contribution in [2.24, 2.45) is 0 Å². The molecule has 0 aromatic rings. The van der Waals surface area contributed by atoms with Gasteiger partial charge in [0.2, 0.25) is 0 Å². The summed E-state index contributed by atoms with van der Waals surface area (Å²) in [5.41, 5.74) is 0. The summed E-state index contributed by atoms with van der Waals surface area (Å²) in [7, 11) is 0. The van der Waals surface area contributed by atoms with E-state index in [0.717, 1.165) is 6.42 Å². The summed E-state index contributed by atoms with van der Waals surface area (Å²) in [4.78, 5) is 11.1. The molecule has 0 heterocycles. The summed E-state index contributed by atoms with van der Waals surface area (Å²) in [6.07, 6.45) is 1.87. The SMILES string of the molecule is CCCOC(=O)CCC(C)OCCO. The van der Waals surface area contributed by atoms with Crippen molar-refractivity contribution in [3.8, 4) is 0 Å². The lowest BCUT2D eigenvalue weighted by molar-refractivity contribution is -0.144. The highest BCUT2D eigenvalue weighted by atomic mass is 16.5. The van der Waals surface area contributed by atoms with Gasteiger partial charge >= 0.3 is 5.97 Å². The summed E-state index contributed by atoms with van der Waals surface area (Å²) in [6.45, 7) is 4.67. The van der Waals surface area contributed by atoms with E-state index in [0.29, 0.717) is 26.1 Å². The van der Waals surface area contributed by atoms with Crippen LogP contribution in [0, 0.1) is 0 Å². The van der Waals surface area contributed by atoms with E-state index in [1.54, 1.807) is 0 Å². The van der Waals surface area contributed by atoms with Crippen LogP contribution in [0.15, 0.2) is 0 Å². The summed E-state index contributed by atoms with van der Waals surface area (Å²) in [5, 5.41) is 8.49. The van der Waals surface area contributed by atoms with Crippen molar-refractivity contribution in [3.05, 3.63) is 0 Å². The Morgan fingerprint density at radius 1 is 1.43 bits per heavy atom. The van der Waals surface area contributed by atoms with Crippen LogP contribution in [0.1, 0.15) is 33.1 Å². The first kappa shape index (κ1) is 13.4. The third-order valence-corrected chi connectivity index (χ3v) is 1.72. The van der Waals surface area contributed by atoms with Crippen molar-refractivity contribution >= 4 is 5.97 Å². The van der Waals surface area contributed by atoms with E-state index in [4.69, 9.17) is 14.6 Å². The standard InChI is InChI=1S/C10H20O4/c1-3-7-14-10(12)5-4-9(2)13-8-6-11/h9,11H,3-8H2,1-2H3. The van der Waals surface area contributed by atoms with Gasteiger partial charge in [-0.25, -0.2) is 0 Å². The molecule has 0 bridgehead atoms. The van der Waals surface area contributed by atoms with Crippen molar-refractivity contribution < 1.29 is 19.4 Å². The van der Waals surface area contributed by atoms with Crippen LogP contribution in [0.5, 0.6) is 0 Å². The minimum Gasteiger partial charge on any atom is -0.466 e. The molecule has 0 aliphatic heterocycles. The number of esters is 1. The minimum atomic E-state index is -0.175. The van der Waals surface area contributed by atoms with Crippen molar-refractivity contribution in [1.82, 2.24) is 0 Å². The second-order valence-corrected chi connectivity index (χ2v) is 3.16. The minimum absolute atomic E-state index is 0.00340. The quantitative estimate of drug-likeness (QED) is 0.602. The largest absolute Gasteiger partial charge is 0.466 e. The van der Waals surface area contributed by atoms with Gasteiger partial charge in [-0.2, -0.15) is 0 Å². The number of carbonyl (C=O) groups excluding carboxylic acids is 1.